The zero-order valence-corrected chi connectivity index (χ0v) is 15.2. The predicted octanol–water partition coefficient (Wildman–Crippen LogP) is 4.18. The molecule has 0 saturated carbocycles. The van der Waals surface area contributed by atoms with Gasteiger partial charge in [0.05, 0.1) is 15.8 Å². The summed E-state index contributed by atoms with van der Waals surface area (Å²) >= 11 is 5.85. The van der Waals surface area contributed by atoms with Gasteiger partial charge in [-0.2, -0.15) is 0 Å². The van der Waals surface area contributed by atoms with Gasteiger partial charge in [0.15, 0.2) is 11.6 Å². The number of sulfone groups is 1. The van der Waals surface area contributed by atoms with E-state index < -0.39 is 31.8 Å². The van der Waals surface area contributed by atoms with Crippen LogP contribution < -0.4 is 5.43 Å². The average Bonchev–Trinajstić information content (AvgIpc) is 2.59. The minimum absolute atomic E-state index is 0.140. The molecule has 0 fully saturated rings. The summed E-state index contributed by atoms with van der Waals surface area (Å²) in [5.74, 6) is -2.32. The van der Waals surface area contributed by atoms with Gasteiger partial charge < -0.3 is 4.57 Å². The molecule has 3 rings (SSSR count). The molecule has 0 radical (unpaired) electrons. The minimum Gasteiger partial charge on any atom is -0.346 e. The first-order valence-electron chi connectivity index (χ1n) is 7.78. The Bertz CT molecular complexity index is 1170. The third kappa shape index (κ3) is 3.12. The molecule has 0 aliphatic carbocycles. The number of rotatable bonds is 4. The van der Waals surface area contributed by atoms with Gasteiger partial charge in [0.2, 0.25) is 15.3 Å². The standard InChI is InChI=1S/C18H14ClF2NO3S/c1-2-6-22-10-17(26(24,25)12-5-3-4-11(19)7-12)18(23)13-8-14(20)15(21)9-16(13)22/h3-5,7-10H,2,6H2,1H3. The number of halogens is 3. The Morgan fingerprint density at radius 3 is 2.46 bits per heavy atom. The van der Waals surface area contributed by atoms with Crippen LogP contribution in [0.3, 0.4) is 0 Å². The Labute approximate surface area is 153 Å². The Kier molecular flexibility index (Phi) is 4.86. The first kappa shape index (κ1) is 18.5. The summed E-state index contributed by atoms with van der Waals surface area (Å²) < 4.78 is 54.6. The van der Waals surface area contributed by atoms with E-state index in [0.717, 1.165) is 12.1 Å². The van der Waals surface area contributed by atoms with Crippen molar-refractivity contribution in [1.82, 2.24) is 4.57 Å². The summed E-state index contributed by atoms with van der Waals surface area (Å²) in [5.41, 5.74) is -0.743. The van der Waals surface area contributed by atoms with Crippen molar-refractivity contribution >= 4 is 32.3 Å². The molecule has 1 aromatic heterocycles. The molecule has 1 heterocycles. The van der Waals surface area contributed by atoms with Crippen molar-refractivity contribution in [3.8, 4) is 0 Å². The van der Waals surface area contributed by atoms with Crippen LogP contribution in [0.1, 0.15) is 13.3 Å². The van der Waals surface area contributed by atoms with Gasteiger partial charge in [-0.15, -0.1) is 0 Å². The smallest absolute Gasteiger partial charge is 0.211 e. The van der Waals surface area contributed by atoms with Crippen LogP contribution in [0.5, 0.6) is 0 Å². The molecule has 0 bridgehead atoms. The second-order valence-electron chi connectivity index (χ2n) is 5.76. The van der Waals surface area contributed by atoms with E-state index in [9.17, 15) is 22.0 Å². The summed E-state index contributed by atoms with van der Waals surface area (Å²) in [6.07, 6.45) is 1.77. The summed E-state index contributed by atoms with van der Waals surface area (Å²) in [6, 6.07) is 7.15. The van der Waals surface area contributed by atoms with Gasteiger partial charge >= 0.3 is 0 Å². The van der Waals surface area contributed by atoms with E-state index in [1.54, 1.807) is 0 Å². The topological polar surface area (TPSA) is 56.1 Å². The van der Waals surface area contributed by atoms with E-state index in [-0.39, 0.29) is 20.8 Å². The molecule has 0 saturated heterocycles. The van der Waals surface area contributed by atoms with Gasteiger partial charge in [-0.05, 0) is 30.7 Å². The van der Waals surface area contributed by atoms with Crippen molar-refractivity contribution in [3.63, 3.8) is 0 Å². The molecule has 4 nitrogen and oxygen atoms in total. The lowest BCUT2D eigenvalue weighted by Crippen LogP contribution is -2.20. The monoisotopic (exact) mass is 397 g/mol. The van der Waals surface area contributed by atoms with Gasteiger partial charge in [-0.25, -0.2) is 17.2 Å². The quantitative estimate of drug-likeness (QED) is 0.663. The van der Waals surface area contributed by atoms with Crippen LogP contribution in [0.15, 0.2) is 57.2 Å². The van der Waals surface area contributed by atoms with Crippen LogP contribution in [-0.2, 0) is 16.4 Å². The first-order valence-corrected chi connectivity index (χ1v) is 9.64. The lowest BCUT2D eigenvalue weighted by Gasteiger charge is -2.13. The van der Waals surface area contributed by atoms with Crippen molar-refractivity contribution < 1.29 is 17.2 Å². The fourth-order valence-electron chi connectivity index (χ4n) is 2.74. The van der Waals surface area contributed by atoms with Crippen LogP contribution in [0.4, 0.5) is 8.78 Å². The highest BCUT2D eigenvalue weighted by Gasteiger charge is 2.24. The Hall–Kier alpha value is -2.25. The maximum atomic E-state index is 13.7. The van der Waals surface area contributed by atoms with E-state index in [1.807, 2.05) is 6.92 Å². The molecule has 2 aromatic carbocycles. The highest BCUT2D eigenvalue weighted by Crippen LogP contribution is 2.24. The molecular weight excluding hydrogens is 384 g/mol. The van der Waals surface area contributed by atoms with Crippen molar-refractivity contribution in [2.75, 3.05) is 0 Å². The minimum atomic E-state index is -4.18. The zero-order valence-electron chi connectivity index (χ0n) is 13.7. The van der Waals surface area contributed by atoms with Crippen molar-refractivity contribution in [2.24, 2.45) is 0 Å². The molecule has 0 spiro atoms. The summed E-state index contributed by atoms with van der Waals surface area (Å²) in [6.45, 7) is 2.18. The van der Waals surface area contributed by atoms with Gasteiger partial charge in [0.25, 0.3) is 0 Å². The van der Waals surface area contributed by atoms with Crippen molar-refractivity contribution in [2.45, 2.75) is 29.7 Å². The maximum absolute atomic E-state index is 13.7. The molecule has 136 valence electrons. The Balaban J connectivity index is 2.38. The molecule has 3 aromatic rings. The lowest BCUT2D eigenvalue weighted by atomic mass is 10.2. The van der Waals surface area contributed by atoms with Crippen molar-refractivity contribution in [1.29, 1.82) is 0 Å². The molecule has 0 N–H and O–H groups in total. The van der Waals surface area contributed by atoms with Crippen LogP contribution >= 0.6 is 11.6 Å². The molecule has 0 unspecified atom stereocenters. The lowest BCUT2D eigenvalue weighted by molar-refractivity contribution is 0.509. The third-order valence-corrected chi connectivity index (χ3v) is 5.93. The maximum Gasteiger partial charge on any atom is 0.211 e. The van der Waals surface area contributed by atoms with Gasteiger partial charge in [0.1, 0.15) is 4.90 Å². The molecule has 26 heavy (non-hydrogen) atoms. The number of fused-ring (bicyclic) bond motifs is 1. The number of aryl methyl sites for hydroxylation is 1. The van der Waals surface area contributed by atoms with Crippen LogP contribution in [0, 0.1) is 11.6 Å². The highest BCUT2D eigenvalue weighted by molar-refractivity contribution is 7.91. The number of nitrogens with zero attached hydrogens (tertiary/aromatic N) is 1. The van der Waals surface area contributed by atoms with E-state index in [2.05, 4.69) is 0 Å². The largest absolute Gasteiger partial charge is 0.346 e. The van der Waals surface area contributed by atoms with E-state index >= 15 is 0 Å². The van der Waals surface area contributed by atoms with Gasteiger partial charge in [-0.3, -0.25) is 4.79 Å². The van der Waals surface area contributed by atoms with E-state index in [0.29, 0.717) is 13.0 Å². The van der Waals surface area contributed by atoms with E-state index in [1.165, 1.54) is 35.0 Å². The fraction of sp³-hybridized carbons (Fsp3) is 0.167. The van der Waals surface area contributed by atoms with Gasteiger partial charge in [0, 0.05) is 23.8 Å². The average molecular weight is 398 g/mol. The molecule has 8 heteroatoms. The molecular formula is C18H14ClF2NO3S. The SMILES string of the molecule is CCCn1cc(S(=O)(=O)c2cccc(Cl)c2)c(=O)c2cc(F)c(F)cc21. The molecule has 0 aliphatic rings. The highest BCUT2D eigenvalue weighted by atomic mass is 35.5. The fourth-order valence-corrected chi connectivity index (χ4v) is 4.41. The molecule has 0 atom stereocenters. The van der Waals surface area contributed by atoms with Gasteiger partial charge in [-0.1, -0.05) is 24.6 Å². The summed E-state index contributed by atoms with van der Waals surface area (Å²) in [5, 5.41) is 0.00863. The third-order valence-electron chi connectivity index (χ3n) is 3.95. The van der Waals surface area contributed by atoms with Crippen molar-refractivity contribution in [3.05, 3.63) is 69.5 Å². The molecule has 0 amide bonds. The second kappa shape index (κ2) is 6.81. The molecule has 0 aliphatic heterocycles. The number of pyridine rings is 1. The first-order chi connectivity index (χ1) is 12.3. The number of hydrogen-bond donors (Lipinski definition) is 0. The number of hydrogen-bond acceptors (Lipinski definition) is 3. The summed E-state index contributed by atoms with van der Waals surface area (Å²) in [7, 11) is -4.18. The van der Waals surface area contributed by atoms with E-state index in [4.69, 9.17) is 11.6 Å². The number of benzene rings is 2. The zero-order chi connectivity index (χ0) is 19.1. The Morgan fingerprint density at radius 2 is 1.81 bits per heavy atom. The normalized spacial score (nSPS) is 11.8. The van der Waals surface area contributed by atoms with Crippen LogP contribution in [0.2, 0.25) is 5.02 Å². The predicted molar refractivity (Wildman–Crippen MR) is 95.3 cm³/mol. The Morgan fingerprint density at radius 1 is 1.12 bits per heavy atom. The summed E-state index contributed by atoms with van der Waals surface area (Å²) in [4.78, 5) is 12.1. The van der Waals surface area contributed by atoms with Crippen LogP contribution in [-0.4, -0.2) is 13.0 Å². The van der Waals surface area contributed by atoms with Crippen LogP contribution in [0.25, 0.3) is 10.9 Å². The second-order valence-corrected chi connectivity index (χ2v) is 8.11. The number of aromatic nitrogens is 1.